The molecule has 7 rings (SSSR count). The molecule has 0 radical (unpaired) electrons. The number of nitrogens with zero attached hydrogens (tertiary/aromatic N) is 6. The van der Waals surface area contributed by atoms with Gasteiger partial charge in [-0.25, -0.2) is 23.1 Å². The first-order valence-electron chi connectivity index (χ1n) is 16.4. The smallest absolute Gasteiger partial charge is 0.264 e. The molecule has 3 aromatic heterocycles. The van der Waals surface area contributed by atoms with E-state index < -0.39 is 22.0 Å². The molecule has 2 aromatic carbocycles. The number of rotatable bonds is 7. The average molecular weight is 682 g/mol. The Hall–Kier alpha value is -4.88. The highest BCUT2D eigenvalue weighted by molar-refractivity contribution is 7.92. The largest absolute Gasteiger partial charge is 0.475 e. The first-order valence-corrected chi connectivity index (χ1v) is 17.9. The van der Waals surface area contributed by atoms with Crippen molar-refractivity contribution >= 4 is 33.0 Å². The molecule has 2 aliphatic rings. The second-order valence-electron chi connectivity index (χ2n) is 13.1. The summed E-state index contributed by atoms with van der Waals surface area (Å²) in [6.45, 7) is 8.48. The van der Waals surface area contributed by atoms with Gasteiger partial charge in [0.25, 0.3) is 15.9 Å². The average Bonchev–Trinajstić information content (AvgIpc) is 3.84. The molecule has 49 heavy (non-hydrogen) atoms. The first-order chi connectivity index (χ1) is 23.5. The van der Waals surface area contributed by atoms with Gasteiger partial charge in [-0.2, -0.15) is 4.98 Å². The van der Waals surface area contributed by atoms with Crippen LogP contribution in [0.4, 0.5) is 5.95 Å². The number of aromatic nitrogens is 5. The Morgan fingerprint density at radius 1 is 1.02 bits per heavy atom. The molecule has 12 nitrogen and oxygen atoms in total. The van der Waals surface area contributed by atoms with Gasteiger partial charge < -0.3 is 18.9 Å². The summed E-state index contributed by atoms with van der Waals surface area (Å²) in [4.78, 5) is 34.6. The number of amides is 1. The topological polar surface area (TPSA) is 141 Å². The van der Waals surface area contributed by atoms with Crippen LogP contribution in [0, 0.1) is 13.8 Å². The highest BCUT2D eigenvalue weighted by Crippen LogP contribution is 2.31. The van der Waals surface area contributed by atoms with Crippen molar-refractivity contribution < 1.29 is 22.7 Å². The molecule has 1 N–H and O–H groups in total. The van der Waals surface area contributed by atoms with E-state index in [1.165, 1.54) is 12.1 Å². The normalized spacial score (nSPS) is 17.6. The van der Waals surface area contributed by atoms with Gasteiger partial charge in [0.1, 0.15) is 12.1 Å². The summed E-state index contributed by atoms with van der Waals surface area (Å²) in [5, 5.41) is 0. The molecule has 1 aliphatic heterocycles. The number of benzene rings is 2. The number of nitrogens with one attached hydrogen (secondary N) is 1. The minimum atomic E-state index is -4.19. The van der Waals surface area contributed by atoms with Gasteiger partial charge in [0.15, 0.2) is 5.65 Å². The Morgan fingerprint density at radius 2 is 1.78 bits per heavy atom. The zero-order chi connectivity index (χ0) is 34.4. The Morgan fingerprint density at radius 3 is 2.51 bits per heavy atom. The van der Waals surface area contributed by atoms with E-state index in [9.17, 15) is 13.2 Å². The first kappa shape index (κ1) is 32.7. The standard InChI is InChI=1S/C36H39N7O5S/c1-21(2)31-15-30-34(42(31)5)38-25(17-37-30)18-43-26(19-47-27-12-13-27)20-48-32-16-29(33-22(3)8-6-9-23(33)4)39-36(40-32)41-49(45,46)28-11-7-10-24(14-28)35(43)44/h6-11,14-17,21,26-27H,12-13,18-20H2,1-5H3,(H,39,40,41)/t26-/m1/s1. The molecule has 1 atom stereocenters. The van der Waals surface area contributed by atoms with Gasteiger partial charge in [-0.1, -0.05) is 38.1 Å². The molecular formula is C36H39N7O5S. The third-order valence-electron chi connectivity index (χ3n) is 8.98. The van der Waals surface area contributed by atoms with Crippen molar-refractivity contribution in [1.29, 1.82) is 0 Å². The molecule has 1 aliphatic carbocycles. The van der Waals surface area contributed by atoms with E-state index in [0.29, 0.717) is 17.0 Å². The van der Waals surface area contributed by atoms with Gasteiger partial charge in [-0.05, 0) is 68.0 Å². The lowest BCUT2D eigenvalue weighted by molar-refractivity contribution is 0.0209. The Kier molecular flexibility index (Phi) is 8.57. The van der Waals surface area contributed by atoms with E-state index in [2.05, 4.69) is 33.5 Å². The summed E-state index contributed by atoms with van der Waals surface area (Å²) < 4.78 is 44.4. The van der Waals surface area contributed by atoms with Crippen LogP contribution < -0.4 is 9.46 Å². The Bertz CT molecular complexity index is 2160. The molecule has 4 heterocycles. The maximum Gasteiger partial charge on any atom is 0.264 e. The van der Waals surface area contributed by atoms with Gasteiger partial charge in [0.2, 0.25) is 11.8 Å². The van der Waals surface area contributed by atoms with Crippen molar-refractivity contribution in [3.05, 3.63) is 88.9 Å². The van der Waals surface area contributed by atoms with Gasteiger partial charge in [-0.3, -0.25) is 9.78 Å². The monoisotopic (exact) mass is 681 g/mol. The van der Waals surface area contributed by atoms with E-state index >= 15 is 0 Å². The number of aryl methyl sites for hydroxylation is 3. The Balaban J connectivity index is 1.34. The summed E-state index contributed by atoms with van der Waals surface area (Å²) in [5.41, 5.74) is 6.64. The number of carbonyl (C=O) groups excluding carboxylic acids is 1. The predicted octanol–water partition coefficient (Wildman–Crippen LogP) is 5.55. The third-order valence-corrected chi connectivity index (χ3v) is 10.3. The van der Waals surface area contributed by atoms with Gasteiger partial charge in [0, 0.05) is 29.9 Å². The van der Waals surface area contributed by atoms with Gasteiger partial charge in [-0.15, -0.1) is 0 Å². The van der Waals surface area contributed by atoms with Crippen LogP contribution in [0.1, 0.15) is 65.5 Å². The van der Waals surface area contributed by atoms with E-state index in [4.69, 9.17) is 14.5 Å². The molecule has 254 valence electrons. The van der Waals surface area contributed by atoms with Crippen molar-refractivity contribution in [3.8, 4) is 17.1 Å². The molecule has 0 unspecified atom stereocenters. The van der Waals surface area contributed by atoms with Crippen LogP contribution >= 0.6 is 0 Å². The Labute approximate surface area is 285 Å². The summed E-state index contributed by atoms with van der Waals surface area (Å²) in [7, 11) is -2.23. The second kappa shape index (κ2) is 12.9. The molecule has 1 fully saturated rings. The summed E-state index contributed by atoms with van der Waals surface area (Å²) in [6, 6.07) is 15.0. The molecule has 5 aromatic rings. The molecule has 4 bridgehead atoms. The molecule has 1 saturated carbocycles. The molecule has 13 heteroatoms. The van der Waals surface area contributed by atoms with E-state index in [0.717, 1.165) is 40.7 Å². The van der Waals surface area contributed by atoms with Crippen LogP contribution in [-0.4, -0.2) is 69.1 Å². The lowest BCUT2D eigenvalue weighted by atomic mass is 10.00. The van der Waals surface area contributed by atoms with Crippen LogP contribution in [0.3, 0.4) is 0 Å². The number of carbonyl (C=O) groups is 1. The zero-order valence-electron chi connectivity index (χ0n) is 28.2. The van der Waals surface area contributed by atoms with Crippen molar-refractivity contribution in [1.82, 2.24) is 29.4 Å². The number of hydrogen-bond donors (Lipinski definition) is 1. The van der Waals surface area contributed by atoms with Crippen LogP contribution in [0.15, 0.2) is 65.7 Å². The summed E-state index contributed by atoms with van der Waals surface area (Å²) in [6.07, 6.45) is 3.71. The van der Waals surface area contributed by atoms with Crippen molar-refractivity contribution in [2.45, 2.75) is 70.0 Å². The van der Waals surface area contributed by atoms with E-state index in [-0.39, 0.29) is 54.1 Å². The van der Waals surface area contributed by atoms with E-state index in [1.54, 1.807) is 29.3 Å². The predicted molar refractivity (Wildman–Crippen MR) is 185 cm³/mol. The minimum Gasteiger partial charge on any atom is -0.475 e. The maximum absolute atomic E-state index is 14.4. The fourth-order valence-corrected chi connectivity index (χ4v) is 7.22. The van der Waals surface area contributed by atoms with Crippen LogP contribution in [0.2, 0.25) is 0 Å². The zero-order valence-corrected chi connectivity index (χ0v) is 29.0. The number of sulfonamides is 1. The summed E-state index contributed by atoms with van der Waals surface area (Å²) in [5.74, 6) is -0.0936. The third kappa shape index (κ3) is 6.73. The minimum absolute atomic E-state index is 0.0187. The number of hydrogen-bond acceptors (Lipinski definition) is 9. The molecule has 1 amide bonds. The lowest BCUT2D eigenvalue weighted by Crippen LogP contribution is -2.46. The highest BCUT2D eigenvalue weighted by atomic mass is 32.2. The number of fused-ring (bicyclic) bond motifs is 5. The maximum atomic E-state index is 14.4. The number of anilines is 1. The van der Waals surface area contributed by atoms with Crippen LogP contribution in [-0.2, 0) is 28.4 Å². The quantitative estimate of drug-likeness (QED) is 0.234. The van der Waals surface area contributed by atoms with Crippen LogP contribution in [0.5, 0.6) is 5.88 Å². The summed E-state index contributed by atoms with van der Waals surface area (Å²) >= 11 is 0. The van der Waals surface area contributed by atoms with Crippen molar-refractivity contribution in [2.24, 2.45) is 7.05 Å². The SMILES string of the molecule is Cc1cccc(C)c1-c1cc2nc(n1)NS(=O)(=O)c1cccc(c1)C(=O)N(Cc1cnc3cc(C(C)C)n(C)c3n1)[C@H](COC1CC1)CO2. The second-order valence-corrected chi connectivity index (χ2v) is 14.8. The van der Waals surface area contributed by atoms with Gasteiger partial charge >= 0.3 is 0 Å². The lowest BCUT2D eigenvalue weighted by Gasteiger charge is -2.31. The van der Waals surface area contributed by atoms with E-state index in [1.807, 2.05) is 49.7 Å². The van der Waals surface area contributed by atoms with Crippen LogP contribution in [0.25, 0.3) is 22.4 Å². The van der Waals surface area contributed by atoms with Crippen molar-refractivity contribution in [2.75, 3.05) is 17.9 Å². The van der Waals surface area contributed by atoms with Gasteiger partial charge in [0.05, 0.1) is 47.8 Å². The fourth-order valence-electron chi connectivity index (χ4n) is 6.23. The number of ether oxygens (including phenoxy) is 2. The molecular weight excluding hydrogens is 643 g/mol. The van der Waals surface area contributed by atoms with Crippen molar-refractivity contribution in [3.63, 3.8) is 0 Å². The molecule has 0 saturated heterocycles. The highest BCUT2D eigenvalue weighted by Gasteiger charge is 2.32. The fraction of sp³-hybridized carbons (Fsp3) is 0.361. The molecule has 0 spiro atoms.